The maximum Gasteiger partial charge on any atom is 0.326 e. The van der Waals surface area contributed by atoms with Crippen LogP contribution >= 0.6 is 0 Å². The number of nitrogens with one attached hydrogen (secondary N) is 3. The molecule has 0 aliphatic rings. The van der Waals surface area contributed by atoms with E-state index in [1.165, 1.54) is 6.07 Å². The highest BCUT2D eigenvalue weighted by atomic mass is 16.6. The number of fused-ring (bicyclic) bond motifs is 1. The first-order chi connectivity index (χ1) is 9.73. The molecule has 0 unspecified atom stereocenters. The smallest absolute Gasteiger partial charge is 0.326 e. The number of H-pyrrole nitrogens is 2. The van der Waals surface area contributed by atoms with Crippen LogP contribution in [-0.2, 0) is 0 Å². The molecule has 1 aromatic heterocycles. The van der Waals surface area contributed by atoms with Gasteiger partial charge in [0.2, 0.25) is 0 Å². The van der Waals surface area contributed by atoms with Crippen molar-refractivity contribution in [1.82, 2.24) is 9.97 Å². The van der Waals surface area contributed by atoms with E-state index in [-0.39, 0.29) is 28.9 Å². The van der Waals surface area contributed by atoms with Crippen LogP contribution in [0.3, 0.4) is 0 Å². The van der Waals surface area contributed by atoms with Gasteiger partial charge in [0, 0.05) is 6.07 Å². The lowest BCUT2D eigenvalue weighted by Crippen LogP contribution is -2.35. The Kier molecular flexibility index (Phi) is 3.52. The lowest BCUT2D eigenvalue weighted by Gasteiger charge is -2.24. The van der Waals surface area contributed by atoms with Crippen LogP contribution in [0.15, 0.2) is 21.7 Å². The Morgan fingerprint density at radius 1 is 1.33 bits per heavy atom. The summed E-state index contributed by atoms with van der Waals surface area (Å²) in [5.41, 5.74) is -2.34. The number of anilines is 1. The predicted molar refractivity (Wildman–Crippen MR) is 76.6 cm³/mol. The largest absolute Gasteiger partial charge is 0.394 e. The molecule has 0 saturated carbocycles. The van der Waals surface area contributed by atoms with E-state index in [4.69, 9.17) is 0 Å². The van der Waals surface area contributed by atoms with Crippen LogP contribution in [-0.4, -0.2) is 32.1 Å². The Morgan fingerprint density at radius 3 is 2.57 bits per heavy atom. The fourth-order valence-electron chi connectivity index (χ4n) is 1.86. The molecule has 112 valence electrons. The summed E-state index contributed by atoms with van der Waals surface area (Å²) in [6.45, 7) is 3.04. The monoisotopic (exact) mass is 294 g/mol. The van der Waals surface area contributed by atoms with Crippen molar-refractivity contribution in [3.05, 3.63) is 43.1 Å². The molecule has 1 aromatic carbocycles. The van der Waals surface area contributed by atoms with Crippen LogP contribution in [0.1, 0.15) is 13.8 Å². The van der Waals surface area contributed by atoms with E-state index in [1.54, 1.807) is 13.8 Å². The van der Waals surface area contributed by atoms with Crippen molar-refractivity contribution in [2.45, 2.75) is 19.4 Å². The van der Waals surface area contributed by atoms with Gasteiger partial charge in [0.25, 0.3) is 11.2 Å². The molecule has 0 amide bonds. The minimum absolute atomic E-state index is 0.0720. The number of nitro benzene ring substituents is 1. The van der Waals surface area contributed by atoms with Crippen LogP contribution < -0.4 is 16.6 Å². The van der Waals surface area contributed by atoms with Gasteiger partial charge in [-0.15, -0.1) is 0 Å². The first-order valence-corrected chi connectivity index (χ1v) is 6.07. The maximum atomic E-state index is 11.7. The van der Waals surface area contributed by atoms with Crippen LogP contribution in [0.25, 0.3) is 10.9 Å². The van der Waals surface area contributed by atoms with Gasteiger partial charge < -0.3 is 15.4 Å². The molecule has 0 bridgehead atoms. The van der Waals surface area contributed by atoms with Crippen molar-refractivity contribution in [2.24, 2.45) is 0 Å². The van der Waals surface area contributed by atoms with Gasteiger partial charge in [-0.25, -0.2) is 4.79 Å². The average Bonchev–Trinajstić information content (AvgIpc) is 2.38. The van der Waals surface area contributed by atoms with Crippen LogP contribution in [0.4, 0.5) is 11.4 Å². The second-order valence-corrected chi connectivity index (χ2v) is 5.25. The fourth-order valence-corrected chi connectivity index (χ4v) is 1.86. The lowest BCUT2D eigenvalue weighted by molar-refractivity contribution is -0.383. The molecule has 2 rings (SSSR count). The van der Waals surface area contributed by atoms with Crippen molar-refractivity contribution in [3.8, 4) is 0 Å². The van der Waals surface area contributed by atoms with Crippen LogP contribution in [0.2, 0.25) is 0 Å². The number of nitrogens with zero attached hydrogens (tertiary/aromatic N) is 1. The zero-order valence-electron chi connectivity index (χ0n) is 11.4. The van der Waals surface area contributed by atoms with E-state index in [0.29, 0.717) is 0 Å². The van der Waals surface area contributed by atoms with Gasteiger partial charge >= 0.3 is 5.69 Å². The van der Waals surface area contributed by atoms with Crippen LogP contribution in [0.5, 0.6) is 0 Å². The molecule has 0 spiro atoms. The minimum Gasteiger partial charge on any atom is -0.394 e. The molecular weight excluding hydrogens is 280 g/mol. The number of rotatable bonds is 4. The zero-order chi connectivity index (χ0) is 15.8. The Bertz CT molecular complexity index is 820. The van der Waals surface area contributed by atoms with Crippen molar-refractivity contribution < 1.29 is 10.0 Å². The number of aliphatic hydroxyl groups is 1. The quantitative estimate of drug-likeness (QED) is 0.472. The number of nitro groups is 1. The van der Waals surface area contributed by atoms with E-state index >= 15 is 0 Å². The van der Waals surface area contributed by atoms with E-state index in [0.717, 1.165) is 6.07 Å². The molecular formula is C12H14N4O5. The van der Waals surface area contributed by atoms with Crippen molar-refractivity contribution in [2.75, 3.05) is 11.9 Å². The molecule has 9 nitrogen and oxygen atoms in total. The first-order valence-electron chi connectivity index (χ1n) is 6.07. The summed E-state index contributed by atoms with van der Waals surface area (Å²) in [6.07, 6.45) is 0. The standard InChI is InChI=1S/C12H14N4O5/c1-12(2,5-17)15-8-3-6-7(4-9(8)16(20)21)13-11(19)14-10(6)18/h3-4,15,17H,5H2,1-2H3,(H2,13,14,18,19). The Balaban J connectivity index is 2.74. The highest BCUT2D eigenvalue weighted by Gasteiger charge is 2.23. The summed E-state index contributed by atoms with van der Waals surface area (Å²) in [7, 11) is 0. The van der Waals surface area contributed by atoms with Gasteiger partial charge in [-0.1, -0.05) is 0 Å². The van der Waals surface area contributed by atoms with Crippen molar-refractivity contribution in [1.29, 1.82) is 0 Å². The third kappa shape index (κ3) is 2.92. The molecule has 2 aromatic rings. The molecule has 0 aliphatic carbocycles. The molecule has 0 atom stereocenters. The molecule has 0 radical (unpaired) electrons. The number of aliphatic hydroxyl groups excluding tert-OH is 1. The number of aromatic nitrogens is 2. The molecule has 0 aliphatic heterocycles. The summed E-state index contributed by atoms with van der Waals surface area (Å²) in [6, 6.07) is 2.39. The number of hydrogen-bond acceptors (Lipinski definition) is 6. The van der Waals surface area contributed by atoms with Gasteiger partial charge in [0.15, 0.2) is 0 Å². The maximum absolute atomic E-state index is 11.7. The summed E-state index contributed by atoms with van der Waals surface area (Å²) >= 11 is 0. The average molecular weight is 294 g/mol. The minimum atomic E-state index is -0.812. The Hall–Kier alpha value is -2.68. The third-order valence-electron chi connectivity index (χ3n) is 2.92. The number of hydrogen-bond donors (Lipinski definition) is 4. The van der Waals surface area contributed by atoms with Gasteiger partial charge in [0.1, 0.15) is 5.69 Å². The predicted octanol–water partition coefficient (Wildman–Crippen LogP) is 0.307. The Morgan fingerprint density at radius 2 is 2.00 bits per heavy atom. The number of benzene rings is 1. The summed E-state index contributed by atoms with van der Waals surface area (Å²) in [4.78, 5) is 37.9. The molecule has 9 heteroatoms. The normalized spacial score (nSPS) is 11.6. The van der Waals surface area contributed by atoms with Gasteiger partial charge in [-0.2, -0.15) is 0 Å². The lowest BCUT2D eigenvalue weighted by atomic mass is 10.1. The molecule has 0 fully saturated rings. The fraction of sp³-hybridized carbons (Fsp3) is 0.333. The Labute approximate surface area is 117 Å². The van der Waals surface area contributed by atoms with Crippen LogP contribution in [0, 0.1) is 10.1 Å². The molecule has 0 saturated heterocycles. The van der Waals surface area contributed by atoms with Gasteiger partial charge in [0.05, 0.1) is 28.0 Å². The van der Waals surface area contributed by atoms with E-state index in [1.807, 2.05) is 0 Å². The van der Waals surface area contributed by atoms with Crippen molar-refractivity contribution >= 4 is 22.3 Å². The van der Waals surface area contributed by atoms with E-state index < -0.39 is 21.7 Å². The van der Waals surface area contributed by atoms with E-state index in [2.05, 4.69) is 15.3 Å². The topological polar surface area (TPSA) is 141 Å². The second-order valence-electron chi connectivity index (χ2n) is 5.25. The molecule has 4 N–H and O–H groups in total. The summed E-state index contributed by atoms with van der Waals surface area (Å²) in [5, 5.41) is 23.3. The number of aromatic amines is 2. The second kappa shape index (κ2) is 5.02. The zero-order valence-corrected chi connectivity index (χ0v) is 11.4. The van der Waals surface area contributed by atoms with Gasteiger partial charge in [-0.05, 0) is 19.9 Å². The van der Waals surface area contributed by atoms with Gasteiger partial charge in [-0.3, -0.25) is 19.9 Å². The summed E-state index contributed by atoms with van der Waals surface area (Å²) < 4.78 is 0. The van der Waals surface area contributed by atoms with Crippen molar-refractivity contribution in [3.63, 3.8) is 0 Å². The third-order valence-corrected chi connectivity index (χ3v) is 2.92. The van der Waals surface area contributed by atoms with E-state index in [9.17, 15) is 24.8 Å². The molecule has 1 heterocycles. The summed E-state index contributed by atoms with van der Waals surface area (Å²) in [5.74, 6) is 0. The SMILES string of the molecule is CC(C)(CO)Nc1cc2c(=O)[nH]c(=O)[nH]c2cc1[N+](=O)[O-]. The first kappa shape index (κ1) is 14.7. The highest BCUT2D eigenvalue weighted by Crippen LogP contribution is 2.29. The highest BCUT2D eigenvalue weighted by molar-refractivity contribution is 5.86. The molecule has 21 heavy (non-hydrogen) atoms.